The third-order valence-electron chi connectivity index (χ3n) is 4.21. The van der Waals surface area contributed by atoms with E-state index in [9.17, 15) is 0 Å². The van der Waals surface area contributed by atoms with Gasteiger partial charge in [0.2, 0.25) is 0 Å². The fraction of sp³-hybridized carbons (Fsp3) is 0.529. The molecule has 0 radical (unpaired) electrons. The third kappa shape index (κ3) is 3.05. The standard InChI is InChI=1S/C17H24N4O/c1-2-3-5-13-7-9-14(10-8-13)21-17(15(12-18)19-20-21)16-6-4-11-22-16/h7-10,16H,2-6,11-12,18H2,1H3. The van der Waals surface area contributed by atoms with Crippen LogP contribution in [-0.2, 0) is 17.7 Å². The number of unbranched alkanes of at least 4 members (excludes halogenated alkanes) is 1. The summed E-state index contributed by atoms with van der Waals surface area (Å²) in [5.74, 6) is 0. The zero-order valence-corrected chi connectivity index (χ0v) is 13.2. The Labute approximate surface area is 131 Å². The Morgan fingerprint density at radius 1 is 1.32 bits per heavy atom. The van der Waals surface area contributed by atoms with Gasteiger partial charge < -0.3 is 10.5 Å². The molecule has 1 aliphatic rings. The molecule has 1 unspecified atom stereocenters. The summed E-state index contributed by atoms with van der Waals surface area (Å²) in [7, 11) is 0. The van der Waals surface area contributed by atoms with Crippen molar-refractivity contribution in [3.8, 4) is 5.69 Å². The second-order valence-electron chi connectivity index (χ2n) is 5.81. The first-order valence-corrected chi connectivity index (χ1v) is 8.19. The molecule has 0 saturated carbocycles. The van der Waals surface area contributed by atoms with E-state index in [1.807, 2.05) is 4.68 Å². The molecule has 1 fully saturated rings. The molecule has 1 aliphatic heterocycles. The molecular weight excluding hydrogens is 276 g/mol. The molecule has 5 heteroatoms. The predicted molar refractivity (Wildman–Crippen MR) is 85.8 cm³/mol. The molecule has 5 nitrogen and oxygen atoms in total. The zero-order valence-electron chi connectivity index (χ0n) is 13.2. The lowest BCUT2D eigenvalue weighted by atomic mass is 10.1. The monoisotopic (exact) mass is 300 g/mol. The molecule has 0 amide bonds. The highest BCUT2D eigenvalue weighted by molar-refractivity contribution is 5.37. The van der Waals surface area contributed by atoms with Crippen LogP contribution in [0.4, 0.5) is 0 Å². The van der Waals surface area contributed by atoms with Gasteiger partial charge in [-0.2, -0.15) is 0 Å². The van der Waals surface area contributed by atoms with Crippen molar-refractivity contribution in [2.75, 3.05) is 6.61 Å². The van der Waals surface area contributed by atoms with Crippen LogP contribution in [0.3, 0.4) is 0 Å². The van der Waals surface area contributed by atoms with Crippen molar-refractivity contribution in [2.24, 2.45) is 5.73 Å². The summed E-state index contributed by atoms with van der Waals surface area (Å²) < 4.78 is 7.71. The van der Waals surface area contributed by atoms with E-state index in [0.717, 1.165) is 42.9 Å². The first kappa shape index (κ1) is 15.2. The van der Waals surface area contributed by atoms with Gasteiger partial charge >= 0.3 is 0 Å². The number of hydrogen-bond acceptors (Lipinski definition) is 4. The average molecular weight is 300 g/mol. The first-order valence-electron chi connectivity index (χ1n) is 8.19. The van der Waals surface area contributed by atoms with E-state index >= 15 is 0 Å². The van der Waals surface area contributed by atoms with Crippen LogP contribution >= 0.6 is 0 Å². The predicted octanol–water partition coefficient (Wildman–Crippen LogP) is 2.92. The van der Waals surface area contributed by atoms with Crippen LogP contribution < -0.4 is 5.73 Å². The molecule has 0 bridgehead atoms. The summed E-state index contributed by atoms with van der Waals surface area (Å²) in [6, 6.07) is 8.57. The van der Waals surface area contributed by atoms with Gasteiger partial charge in [0.15, 0.2) is 0 Å². The summed E-state index contributed by atoms with van der Waals surface area (Å²) in [5, 5.41) is 8.54. The number of hydrogen-bond donors (Lipinski definition) is 1. The van der Waals surface area contributed by atoms with E-state index in [1.165, 1.54) is 18.4 Å². The number of nitrogens with zero attached hydrogens (tertiary/aromatic N) is 3. The van der Waals surface area contributed by atoms with Gasteiger partial charge in [-0.15, -0.1) is 5.10 Å². The second kappa shape index (κ2) is 7.03. The van der Waals surface area contributed by atoms with Gasteiger partial charge in [0, 0.05) is 13.2 Å². The van der Waals surface area contributed by atoms with Gasteiger partial charge in [-0.05, 0) is 43.4 Å². The highest BCUT2D eigenvalue weighted by Gasteiger charge is 2.26. The van der Waals surface area contributed by atoms with Crippen molar-refractivity contribution < 1.29 is 4.74 Å². The van der Waals surface area contributed by atoms with Gasteiger partial charge in [-0.3, -0.25) is 0 Å². The van der Waals surface area contributed by atoms with Gasteiger partial charge in [0.1, 0.15) is 11.8 Å². The summed E-state index contributed by atoms with van der Waals surface area (Å²) in [6.07, 6.45) is 5.72. The van der Waals surface area contributed by atoms with Gasteiger partial charge in [-0.1, -0.05) is 30.7 Å². The number of ether oxygens (including phenoxy) is 1. The third-order valence-corrected chi connectivity index (χ3v) is 4.21. The molecule has 0 spiro atoms. The lowest BCUT2D eigenvalue weighted by Crippen LogP contribution is -2.11. The van der Waals surface area contributed by atoms with Crippen LogP contribution in [-0.4, -0.2) is 21.6 Å². The van der Waals surface area contributed by atoms with Crippen molar-refractivity contribution in [2.45, 2.75) is 51.7 Å². The molecule has 1 aromatic carbocycles. The van der Waals surface area contributed by atoms with E-state index < -0.39 is 0 Å². The minimum Gasteiger partial charge on any atom is -0.372 e. The number of rotatable bonds is 6. The van der Waals surface area contributed by atoms with Crippen molar-refractivity contribution in [1.29, 1.82) is 0 Å². The minimum atomic E-state index is 0.0633. The molecule has 2 heterocycles. The first-order chi connectivity index (χ1) is 10.8. The SMILES string of the molecule is CCCCc1ccc(-n2nnc(CN)c2C2CCCO2)cc1. The van der Waals surface area contributed by atoms with Gasteiger partial charge in [-0.25, -0.2) is 4.68 Å². The lowest BCUT2D eigenvalue weighted by Gasteiger charge is -2.13. The summed E-state index contributed by atoms with van der Waals surface area (Å²) in [5.41, 5.74) is 10.1. The van der Waals surface area contributed by atoms with E-state index in [-0.39, 0.29) is 6.10 Å². The smallest absolute Gasteiger partial charge is 0.103 e. The Bertz CT molecular complexity index is 600. The van der Waals surface area contributed by atoms with Gasteiger partial charge in [0.05, 0.1) is 11.4 Å². The molecule has 2 aromatic rings. The fourth-order valence-electron chi connectivity index (χ4n) is 2.96. The molecule has 1 saturated heterocycles. The zero-order chi connectivity index (χ0) is 15.4. The number of aromatic nitrogens is 3. The molecule has 0 aliphatic carbocycles. The maximum atomic E-state index is 5.82. The minimum absolute atomic E-state index is 0.0633. The highest BCUT2D eigenvalue weighted by atomic mass is 16.5. The van der Waals surface area contributed by atoms with Crippen LogP contribution in [0.1, 0.15) is 55.7 Å². The lowest BCUT2D eigenvalue weighted by molar-refractivity contribution is 0.106. The molecule has 2 N–H and O–H groups in total. The summed E-state index contributed by atoms with van der Waals surface area (Å²) in [6.45, 7) is 3.41. The summed E-state index contributed by atoms with van der Waals surface area (Å²) >= 11 is 0. The Morgan fingerprint density at radius 3 is 2.77 bits per heavy atom. The highest BCUT2D eigenvalue weighted by Crippen LogP contribution is 2.31. The largest absolute Gasteiger partial charge is 0.372 e. The van der Waals surface area contributed by atoms with Crippen LogP contribution in [0.5, 0.6) is 0 Å². The normalized spacial score (nSPS) is 18.0. The molecule has 22 heavy (non-hydrogen) atoms. The number of benzene rings is 1. The van der Waals surface area contributed by atoms with Crippen LogP contribution in [0.25, 0.3) is 5.69 Å². The fourth-order valence-corrected chi connectivity index (χ4v) is 2.96. The van der Waals surface area contributed by atoms with Crippen molar-refractivity contribution in [3.63, 3.8) is 0 Å². The van der Waals surface area contributed by atoms with Crippen molar-refractivity contribution in [3.05, 3.63) is 41.2 Å². The maximum Gasteiger partial charge on any atom is 0.103 e. The van der Waals surface area contributed by atoms with E-state index in [2.05, 4.69) is 41.5 Å². The Kier molecular flexibility index (Phi) is 4.85. The van der Waals surface area contributed by atoms with Crippen LogP contribution in [0, 0.1) is 0 Å². The molecule has 1 aromatic heterocycles. The number of aryl methyl sites for hydroxylation is 1. The van der Waals surface area contributed by atoms with E-state index in [0.29, 0.717) is 6.54 Å². The Morgan fingerprint density at radius 2 is 2.14 bits per heavy atom. The molecule has 1 atom stereocenters. The molecule has 3 rings (SSSR count). The maximum absolute atomic E-state index is 5.82. The van der Waals surface area contributed by atoms with E-state index in [1.54, 1.807) is 0 Å². The van der Waals surface area contributed by atoms with E-state index in [4.69, 9.17) is 10.5 Å². The molecule has 118 valence electrons. The quantitative estimate of drug-likeness (QED) is 0.890. The average Bonchev–Trinajstić information content (AvgIpc) is 3.21. The van der Waals surface area contributed by atoms with Crippen molar-refractivity contribution in [1.82, 2.24) is 15.0 Å². The Hall–Kier alpha value is -1.72. The number of nitrogens with two attached hydrogens (primary N) is 1. The molecular formula is C17H24N4O. The van der Waals surface area contributed by atoms with Crippen LogP contribution in [0.2, 0.25) is 0 Å². The summed E-state index contributed by atoms with van der Waals surface area (Å²) in [4.78, 5) is 0. The van der Waals surface area contributed by atoms with Crippen LogP contribution in [0.15, 0.2) is 24.3 Å². The van der Waals surface area contributed by atoms with Crippen molar-refractivity contribution >= 4 is 0 Å². The Balaban J connectivity index is 1.89. The second-order valence-corrected chi connectivity index (χ2v) is 5.81. The van der Waals surface area contributed by atoms with Gasteiger partial charge in [0.25, 0.3) is 0 Å². The topological polar surface area (TPSA) is 66.0 Å².